The topological polar surface area (TPSA) is 36.7 Å². The molecular weight excluding hydrogens is 311 g/mol. The van der Waals surface area contributed by atoms with Crippen molar-refractivity contribution < 1.29 is 22.0 Å². The molecular formula is C9H4BrF5N2. The van der Waals surface area contributed by atoms with Crippen molar-refractivity contribution in [3.8, 4) is 6.07 Å². The normalized spacial score (nSPS) is 11.6. The Hall–Kier alpha value is -1.23. The largest absolute Gasteiger partial charge is 0.418 e. The van der Waals surface area contributed by atoms with Gasteiger partial charge in [-0.2, -0.15) is 18.4 Å². The molecule has 1 aromatic heterocycles. The molecule has 0 aliphatic carbocycles. The van der Waals surface area contributed by atoms with Crippen molar-refractivity contribution >= 4 is 15.9 Å². The molecule has 0 unspecified atom stereocenters. The summed E-state index contributed by atoms with van der Waals surface area (Å²) in [7, 11) is 0. The molecule has 0 aliphatic heterocycles. The molecule has 1 rings (SSSR count). The van der Waals surface area contributed by atoms with Crippen LogP contribution < -0.4 is 0 Å². The molecule has 1 heterocycles. The van der Waals surface area contributed by atoms with Gasteiger partial charge in [-0.15, -0.1) is 0 Å². The number of rotatable bonds is 2. The van der Waals surface area contributed by atoms with Crippen LogP contribution in [0.5, 0.6) is 0 Å². The predicted molar refractivity (Wildman–Crippen MR) is 51.2 cm³/mol. The van der Waals surface area contributed by atoms with E-state index in [2.05, 4.69) is 20.9 Å². The highest BCUT2D eigenvalue weighted by atomic mass is 79.9. The van der Waals surface area contributed by atoms with E-state index in [1.165, 1.54) is 6.07 Å². The van der Waals surface area contributed by atoms with Gasteiger partial charge in [-0.25, -0.2) is 13.8 Å². The summed E-state index contributed by atoms with van der Waals surface area (Å²) in [4.78, 5) is 3.41. The van der Waals surface area contributed by atoms with Gasteiger partial charge in [0.2, 0.25) is 0 Å². The highest BCUT2D eigenvalue weighted by Crippen LogP contribution is 2.39. The lowest BCUT2D eigenvalue weighted by Crippen LogP contribution is -2.15. The number of hydrogen-bond acceptors (Lipinski definition) is 2. The average molecular weight is 315 g/mol. The van der Waals surface area contributed by atoms with Gasteiger partial charge in [-0.05, 0) is 22.0 Å². The molecule has 0 N–H and O–H groups in total. The number of alkyl halides is 5. The molecule has 0 aromatic carbocycles. The Morgan fingerprint density at radius 1 is 1.41 bits per heavy atom. The average Bonchev–Trinajstić information content (AvgIpc) is 2.14. The predicted octanol–water partition coefficient (Wildman–Crippen LogP) is 3.87. The summed E-state index contributed by atoms with van der Waals surface area (Å²) >= 11 is 2.73. The Balaban J connectivity index is 3.54. The summed E-state index contributed by atoms with van der Waals surface area (Å²) in [5, 5.41) is 8.37. The van der Waals surface area contributed by atoms with Crippen molar-refractivity contribution in [2.45, 2.75) is 19.0 Å². The first-order valence-corrected chi connectivity index (χ1v) is 4.98. The van der Waals surface area contributed by atoms with Crippen LogP contribution in [0, 0.1) is 11.3 Å². The first kappa shape index (κ1) is 13.8. The maximum absolute atomic E-state index is 12.6. The number of pyridine rings is 1. The van der Waals surface area contributed by atoms with E-state index in [4.69, 9.17) is 5.26 Å². The molecule has 0 fully saturated rings. The Labute approximate surface area is 101 Å². The van der Waals surface area contributed by atoms with Gasteiger partial charge in [-0.3, -0.25) is 0 Å². The summed E-state index contributed by atoms with van der Waals surface area (Å²) in [6.45, 7) is 0. The molecule has 17 heavy (non-hydrogen) atoms. The maximum Gasteiger partial charge on any atom is 0.418 e. The maximum atomic E-state index is 12.6. The number of aromatic nitrogens is 1. The van der Waals surface area contributed by atoms with Gasteiger partial charge in [0.15, 0.2) is 0 Å². The summed E-state index contributed by atoms with van der Waals surface area (Å²) in [6, 6.07) is 2.07. The first-order chi connectivity index (χ1) is 7.77. The van der Waals surface area contributed by atoms with E-state index in [9.17, 15) is 22.0 Å². The van der Waals surface area contributed by atoms with Gasteiger partial charge in [0, 0.05) is 5.56 Å². The third-order valence-electron chi connectivity index (χ3n) is 1.86. The SMILES string of the molecule is N#CCc1nc(Br)cc(C(F)F)c1C(F)(F)F. The minimum absolute atomic E-state index is 0.161. The molecule has 0 amide bonds. The van der Waals surface area contributed by atoms with Crippen LogP contribution >= 0.6 is 15.9 Å². The Kier molecular flexibility index (Phi) is 4.03. The van der Waals surface area contributed by atoms with E-state index in [0.29, 0.717) is 6.07 Å². The van der Waals surface area contributed by atoms with Crippen LogP contribution in [0.25, 0.3) is 0 Å². The van der Waals surface area contributed by atoms with Gasteiger partial charge in [0.1, 0.15) is 4.60 Å². The molecule has 0 saturated carbocycles. The lowest BCUT2D eigenvalue weighted by Gasteiger charge is -2.15. The van der Waals surface area contributed by atoms with Gasteiger partial charge >= 0.3 is 6.18 Å². The van der Waals surface area contributed by atoms with Crippen LogP contribution in [0.2, 0.25) is 0 Å². The molecule has 0 radical (unpaired) electrons. The monoisotopic (exact) mass is 314 g/mol. The highest BCUT2D eigenvalue weighted by Gasteiger charge is 2.39. The molecule has 0 aliphatic rings. The quantitative estimate of drug-likeness (QED) is 0.614. The molecule has 0 spiro atoms. The Morgan fingerprint density at radius 3 is 2.41 bits per heavy atom. The van der Waals surface area contributed by atoms with Crippen molar-refractivity contribution in [3.05, 3.63) is 27.5 Å². The van der Waals surface area contributed by atoms with E-state index in [0.717, 1.165) is 0 Å². The lowest BCUT2D eigenvalue weighted by atomic mass is 10.0. The summed E-state index contributed by atoms with van der Waals surface area (Å²) < 4.78 is 62.8. The summed E-state index contributed by atoms with van der Waals surface area (Å²) in [5.41, 5.74) is -3.41. The van der Waals surface area contributed by atoms with Crippen LogP contribution in [0.15, 0.2) is 10.7 Å². The Bertz CT molecular complexity index is 464. The number of nitriles is 1. The molecule has 2 nitrogen and oxygen atoms in total. The molecule has 0 atom stereocenters. The Morgan fingerprint density at radius 2 is 2.00 bits per heavy atom. The van der Waals surface area contributed by atoms with E-state index in [-0.39, 0.29) is 4.60 Å². The van der Waals surface area contributed by atoms with Gasteiger partial charge in [0.25, 0.3) is 6.43 Å². The first-order valence-electron chi connectivity index (χ1n) is 4.19. The molecule has 0 saturated heterocycles. The number of hydrogen-bond donors (Lipinski definition) is 0. The fourth-order valence-corrected chi connectivity index (χ4v) is 1.75. The fraction of sp³-hybridized carbons (Fsp3) is 0.333. The zero-order valence-corrected chi connectivity index (χ0v) is 9.61. The van der Waals surface area contributed by atoms with E-state index in [1.54, 1.807) is 0 Å². The number of nitrogens with zero attached hydrogens (tertiary/aromatic N) is 2. The van der Waals surface area contributed by atoms with Gasteiger partial charge < -0.3 is 0 Å². The lowest BCUT2D eigenvalue weighted by molar-refractivity contribution is -0.140. The van der Waals surface area contributed by atoms with Crippen molar-refractivity contribution in [1.82, 2.24) is 4.98 Å². The van der Waals surface area contributed by atoms with E-state index in [1.807, 2.05) is 0 Å². The highest BCUT2D eigenvalue weighted by molar-refractivity contribution is 9.10. The minimum Gasteiger partial charge on any atom is -0.244 e. The molecule has 0 bridgehead atoms. The summed E-state index contributed by atoms with van der Waals surface area (Å²) in [5.74, 6) is 0. The van der Waals surface area contributed by atoms with Crippen molar-refractivity contribution in [1.29, 1.82) is 5.26 Å². The zero-order chi connectivity index (χ0) is 13.2. The second-order valence-corrected chi connectivity index (χ2v) is 3.80. The standard InChI is InChI=1S/C9H4BrF5N2/c10-6-3-4(8(11)12)7(9(13,14)15)5(17-6)1-2-16/h3,8H,1H2. The van der Waals surface area contributed by atoms with Crippen LogP contribution in [0.1, 0.15) is 23.2 Å². The molecule has 1 aromatic rings. The molecule has 8 heteroatoms. The van der Waals surface area contributed by atoms with E-state index >= 15 is 0 Å². The zero-order valence-electron chi connectivity index (χ0n) is 8.02. The van der Waals surface area contributed by atoms with Crippen molar-refractivity contribution in [2.75, 3.05) is 0 Å². The van der Waals surface area contributed by atoms with Gasteiger partial charge in [-0.1, -0.05) is 0 Å². The second kappa shape index (κ2) is 4.96. The van der Waals surface area contributed by atoms with Crippen LogP contribution in [-0.4, -0.2) is 4.98 Å². The second-order valence-electron chi connectivity index (χ2n) is 2.99. The number of halogens is 6. The van der Waals surface area contributed by atoms with Crippen LogP contribution in [0.3, 0.4) is 0 Å². The fourth-order valence-electron chi connectivity index (χ4n) is 1.29. The third-order valence-corrected chi connectivity index (χ3v) is 2.26. The molecule has 92 valence electrons. The van der Waals surface area contributed by atoms with Gasteiger partial charge in [0.05, 0.1) is 23.7 Å². The minimum atomic E-state index is -4.97. The van der Waals surface area contributed by atoms with Crippen molar-refractivity contribution in [2.24, 2.45) is 0 Å². The van der Waals surface area contributed by atoms with E-state index < -0.39 is 35.8 Å². The summed E-state index contributed by atoms with van der Waals surface area (Å²) in [6.07, 6.45) is -8.94. The third kappa shape index (κ3) is 3.12. The smallest absolute Gasteiger partial charge is 0.244 e. The van der Waals surface area contributed by atoms with Crippen molar-refractivity contribution in [3.63, 3.8) is 0 Å². The van der Waals surface area contributed by atoms with Crippen LogP contribution in [0.4, 0.5) is 22.0 Å². The van der Waals surface area contributed by atoms with Crippen LogP contribution in [-0.2, 0) is 12.6 Å².